The summed E-state index contributed by atoms with van der Waals surface area (Å²) in [6.45, 7) is 2.06. The fraction of sp³-hybridized carbons (Fsp3) is 0.538. The molecule has 1 saturated carbocycles. The average molecular weight is 204 g/mol. The van der Waals surface area contributed by atoms with Gasteiger partial charge in [0.1, 0.15) is 0 Å². The van der Waals surface area contributed by atoms with Crippen molar-refractivity contribution in [2.24, 2.45) is 0 Å². The lowest BCUT2D eigenvalue weighted by atomic mass is 9.95. The summed E-state index contributed by atoms with van der Waals surface area (Å²) in [6, 6.07) is 6.88. The zero-order chi connectivity index (χ0) is 10.7. The highest BCUT2D eigenvalue weighted by Gasteiger charge is 2.12. The van der Waals surface area contributed by atoms with Crippen molar-refractivity contribution in [2.45, 2.75) is 45.1 Å². The number of hydrogen-bond acceptors (Lipinski definition) is 2. The summed E-state index contributed by atoms with van der Waals surface area (Å²) in [7, 11) is 0. The number of nitrogens with two attached hydrogens (primary N) is 1. The van der Waals surface area contributed by atoms with E-state index in [1.807, 2.05) is 6.07 Å². The summed E-state index contributed by atoms with van der Waals surface area (Å²) < 4.78 is 0. The first kappa shape index (κ1) is 10.3. The summed E-state index contributed by atoms with van der Waals surface area (Å²) in [5, 5.41) is 3.59. The van der Waals surface area contributed by atoms with Gasteiger partial charge in [0, 0.05) is 17.4 Å². The Kier molecular flexibility index (Phi) is 3.14. The van der Waals surface area contributed by atoms with E-state index in [1.54, 1.807) is 0 Å². The molecule has 2 heteroatoms. The lowest BCUT2D eigenvalue weighted by molar-refractivity contribution is 0.463. The molecular formula is C13H20N2. The van der Waals surface area contributed by atoms with Crippen LogP contribution in [-0.4, -0.2) is 6.04 Å². The van der Waals surface area contributed by atoms with E-state index in [1.165, 1.54) is 37.8 Å². The van der Waals surface area contributed by atoms with Gasteiger partial charge in [-0.25, -0.2) is 0 Å². The lowest BCUT2D eigenvalue weighted by Crippen LogP contribution is -2.22. The van der Waals surface area contributed by atoms with Gasteiger partial charge in [-0.1, -0.05) is 19.3 Å². The Bertz CT molecular complexity index is 327. The number of benzene rings is 1. The zero-order valence-electron chi connectivity index (χ0n) is 9.42. The third kappa shape index (κ3) is 2.65. The Hall–Kier alpha value is -1.18. The number of aryl methyl sites for hydroxylation is 1. The van der Waals surface area contributed by atoms with Crippen LogP contribution in [0.15, 0.2) is 18.2 Å². The third-order valence-electron chi connectivity index (χ3n) is 3.25. The van der Waals surface area contributed by atoms with Gasteiger partial charge in [0.25, 0.3) is 0 Å². The van der Waals surface area contributed by atoms with Gasteiger partial charge in [-0.3, -0.25) is 0 Å². The predicted octanol–water partition coefficient (Wildman–Crippen LogP) is 3.32. The van der Waals surface area contributed by atoms with E-state index >= 15 is 0 Å². The van der Waals surface area contributed by atoms with E-state index in [-0.39, 0.29) is 0 Å². The van der Waals surface area contributed by atoms with Gasteiger partial charge >= 0.3 is 0 Å². The molecule has 0 aliphatic heterocycles. The first-order valence-electron chi connectivity index (χ1n) is 5.88. The maximum Gasteiger partial charge on any atom is 0.0346 e. The quantitative estimate of drug-likeness (QED) is 0.725. The summed E-state index contributed by atoms with van der Waals surface area (Å²) in [6.07, 6.45) is 6.75. The van der Waals surface area contributed by atoms with Crippen molar-refractivity contribution in [3.8, 4) is 0 Å². The molecule has 1 aromatic carbocycles. The van der Waals surface area contributed by atoms with E-state index in [9.17, 15) is 0 Å². The summed E-state index contributed by atoms with van der Waals surface area (Å²) in [4.78, 5) is 0. The summed E-state index contributed by atoms with van der Waals surface area (Å²) >= 11 is 0. The number of nitrogen functional groups attached to an aromatic ring is 1. The van der Waals surface area contributed by atoms with Crippen LogP contribution in [0, 0.1) is 6.92 Å². The van der Waals surface area contributed by atoms with Crippen LogP contribution in [0.2, 0.25) is 0 Å². The van der Waals surface area contributed by atoms with Crippen molar-refractivity contribution in [1.29, 1.82) is 0 Å². The second-order valence-electron chi connectivity index (χ2n) is 4.55. The Morgan fingerprint density at radius 1 is 1.20 bits per heavy atom. The second-order valence-corrected chi connectivity index (χ2v) is 4.55. The van der Waals surface area contributed by atoms with Crippen LogP contribution in [0.4, 0.5) is 11.4 Å². The minimum absolute atomic E-state index is 0.668. The molecule has 0 aromatic heterocycles. The highest BCUT2D eigenvalue weighted by Crippen LogP contribution is 2.23. The van der Waals surface area contributed by atoms with Gasteiger partial charge in [-0.2, -0.15) is 0 Å². The minimum Gasteiger partial charge on any atom is -0.399 e. The van der Waals surface area contributed by atoms with Crippen LogP contribution < -0.4 is 11.1 Å². The molecule has 1 aromatic rings. The normalized spacial score (nSPS) is 17.7. The molecule has 0 amide bonds. The number of nitrogens with one attached hydrogen (secondary N) is 1. The van der Waals surface area contributed by atoms with Crippen molar-refractivity contribution in [3.63, 3.8) is 0 Å². The fourth-order valence-electron chi connectivity index (χ4n) is 2.25. The monoisotopic (exact) mass is 204 g/mol. The predicted molar refractivity (Wildman–Crippen MR) is 66.1 cm³/mol. The van der Waals surface area contributed by atoms with Crippen LogP contribution in [0.5, 0.6) is 0 Å². The van der Waals surface area contributed by atoms with Crippen molar-refractivity contribution >= 4 is 11.4 Å². The second kappa shape index (κ2) is 4.56. The summed E-state index contributed by atoms with van der Waals surface area (Å²) in [5.74, 6) is 0. The van der Waals surface area contributed by atoms with E-state index < -0.39 is 0 Å². The van der Waals surface area contributed by atoms with E-state index in [2.05, 4.69) is 24.4 Å². The van der Waals surface area contributed by atoms with Gasteiger partial charge < -0.3 is 11.1 Å². The van der Waals surface area contributed by atoms with Crippen LogP contribution in [0.25, 0.3) is 0 Å². The average Bonchev–Trinajstić information content (AvgIpc) is 2.25. The highest BCUT2D eigenvalue weighted by atomic mass is 14.9. The standard InChI is InChI=1S/C13H20N2/c1-10-9-12(7-8-13(10)14)15-11-5-3-2-4-6-11/h7-9,11,15H,2-6,14H2,1H3. The Morgan fingerprint density at radius 2 is 1.93 bits per heavy atom. The van der Waals surface area contributed by atoms with Gasteiger partial charge in [0.2, 0.25) is 0 Å². The molecule has 2 rings (SSSR count). The Morgan fingerprint density at radius 3 is 2.60 bits per heavy atom. The molecule has 1 aliphatic carbocycles. The lowest BCUT2D eigenvalue weighted by Gasteiger charge is -2.24. The molecule has 0 saturated heterocycles. The van der Waals surface area contributed by atoms with Crippen LogP contribution >= 0.6 is 0 Å². The van der Waals surface area contributed by atoms with Crippen LogP contribution in [0.1, 0.15) is 37.7 Å². The van der Waals surface area contributed by atoms with Gasteiger partial charge in [0.05, 0.1) is 0 Å². The van der Waals surface area contributed by atoms with Gasteiger partial charge in [-0.15, -0.1) is 0 Å². The highest BCUT2D eigenvalue weighted by molar-refractivity contribution is 5.57. The largest absolute Gasteiger partial charge is 0.399 e. The zero-order valence-corrected chi connectivity index (χ0v) is 9.42. The fourth-order valence-corrected chi connectivity index (χ4v) is 2.25. The molecule has 0 spiro atoms. The molecule has 0 radical (unpaired) electrons. The molecule has 1 aliphatic rings. The summed E-state index contributed by atoms with van der Waals surface area (Å²) in [5.41, 5.74) is 9.05. The number of rotatable bonds is 2. The minimum atomic E-state index is 0.668. The van der Waals surface area contributed by atoms with Gasteiger partial charge in [-0.05, 0) is 43.5 Å². The van der Waals surface area contributed by atoms with Crippen molar-refractivity contribution in [1.82, 2.24) is 0 Å². The Labute approximate surface area is 91.9 Å². The van der Waals surface area contributed by atoms with Crippen molar-refractivity contribution in [2.75, 3.05) is 11.1 Å². The SMILES string of the molecule is Cc1cc(NC2CCCCC2)ccc1N. The van der Waals surface area contributed by atoms with E-state index in [4.69, 9.17) is 5.73 Å². The number of hydrogen-bond donors (Lipinski definition) is 2. The Balaban J connectivity index is 2.00. The first-order valence-corrected chi connectivity index (χ1v) is 5.88. The topological polar surface area (TPSA) is 38.0 Å². The molecule has 0 bridgehead atoms. The molecule has 2 nitrogen and oxygen atoms in total. The molecule has 15 heavy (non-hydrogen) atoms. The number of anilines is 2. The molecule has 1 fully saturated rings. The van der Waals surface area contributed by atoms with Crippen LogP contribution in [0.3, 0.4) is 0 Å². The third-order valence-corrected chi connectivity index (χ3v) is 3.25. The molecule has 3 N–H and O–H groups in total. The maximum absolute atomic E-state index is 5.79. The van der Waals surface area contributed by atoms with Gasteiger partial charge in [0.15, 0.2) is 0 Å². The molecule has 0 atom stereocenters. The van der Waals surface area contributed by atoms with E-state index in [0.29, 0.717) is 6.04 Å². The van der Waals surface area contributed by atoms with Crippen molar-refractivity contribution in [3.05, 3.63) is 23.8 Å². The van der Waals surface area contributed by atoms with Crippen molar-refractivity contribution < 1.29 is 0 Å². The molecule has 0 heterocycles. The smallest absolute Gasteiger partial charge is 0.0346 e. The van der Waals surface area contributed by atoms with E-state index in [0.717, 1.165) is 11.3 Å². The van der Waals surface area contributed by atoms with Crippen LogP contribution in [-0.2, 0) is 0 Å². The maximum atomic E-state index is 5.79. The first-order chi connectivity index (χ1) is 7.25. The molecular weight excluding hydrogens is 184 g/mol. The molecule has 0 unspecified atom stereocenters. The molecule has 82 valence electrons.